The van der Waals surface area contributed by atoms with Crippen molar-refractivity contribution in [2.24, 2.45) is 0 Å². The molecule has 0 saturated carbocycles. The number of nitrogens with two attached hydrogens (primary N) is 1. The molecule has 2 aromatic carbocycles. The summed E-state index contributed by atoms with van der Waals surface area (Å²) < 4.78 is 0. The van der Waals surface area contributed by atoms with Crippen molar-refractivity contribution in [1.29, 1.82) is 0 Å². The van der Waals surface area contributed by atoms with Crippen LogP contribution in [0.2, 0.25) is 0 Å². The minimum absolute atomic E-state index is 0.0161. The molecule has 4 heteroatoms. The smallest absolute Gasteiger partial charge is 0.279 e. The number of aryl methyl sites for hydroxylation is 2. The van der Waals surface area contributed by atoms with Gasteiger partial charge in [0.2, 0.25) is 0 Å². The minimum atomic E-state index is 0.0161. The number of nitrogens with one attached hydrogen (secondary N) is 1. The second kappa shape index (κ2) is 8.79. The summed E-state index contributed by atoms with van der Waals surface area (Å²) in [6.07, 6.45) is 1.03. The highest BCUT2D eigenvalue weighted by Crippen LogP contribution is 2.23. The van der Waals surface area contributed by atoms with Gasteiger partial charge in [0.05, 0.1) is 4.88 Å². The van der Waals surface area contributed by atoms with Crippen LogP contribution in [0, 0.1) is 6.92 Å². The molecule has 0 bridgehead atoms. The Hall–Kier alpha value is -2.43. The fourth-order valence-corrected chi connectivity index (χ4v) is 3.86. The van der Waals surface area contributed by atoms with Gasteiger partial charge < -0.3 is 10.6 Å². The molecule has 0 spiro atoms. The van der Waals surface area contributed by atoms with E-state index in [9.17, 15) is 4.79 Å². The number of amides is 1. The first-order valence-corrected chi connectivity index (χ1v) is 9.85. The lowest BCUT2D eigenvalue weighted by Crippen LogP contribution is -2.87. The van der Waals surface area contributed by atoms with Crippen LogP contribution < -0.4 is 10.6 Å². The van der Waals surface area contributed by atoms with E-state index in [1.165, 1.54) is 16.0 Å². The molecule has 0 radical (unpaired) electrons. The normalized spacial score (nSPS) is 11.9. The standard InChI is InChI=1S/C22H24N2OS/c1-3-17-9-11-18(12-10-17)22(20-8-5-13-26-20)23-15-21(25)24-19-7-4-6-16(2)14-19/h4-14,22-23H,3,15H2,1-2H3,(H,24,25)/p+1/t22-/m1/s1. The lowest BCUT2D eigenvalue weighted by molar-refractivity contribution is -0.675. The van der Waals surface area contributed by atoms with E-state index in [1.54, 1.807) is 11.3 Å². The van der Waals surface area contributed by atoms with Crippen molar-refractivity contribution >= 4 is 22.9 Å². The van der Waals surface area contributed by atoms with Gasteiger partial charge in [0.25, 0.3) is 5.91 Å². The van der Waals surface area contributed by atoms with E-state index in [0.717, 1.165) is 17.7 Å². The molecule has 1 heterocycles. The van der Waals surface area contributed by atoms with Crippen LogP contribution >= 0.6 is 11.3 Å². The number of rotatable bonds is 7. The highest BCUT2D eigenvalue weighted by molar-refractivity contribution is 7.10. The van der Waals surface area contributed by atoms with Crippen molar-refractivity contribution in [3.8, 4) is 0 Å². The van der Waals surface area contributed by atoms with E-state index in [1.807, 2.05) is 31.2 Å². The first kappa shape index (κ1) is 18.4. The summed E-state index contributed by atoms with van der Waals surface area (Å²) in [5, 5.41) is 7.18. The molecular weight excluding hydrogens is 340 g/mol. The molecule has 1 amide bonds. The number of hydrogen-bond donors (Lipinski definition) is 2. The molecule has 3 N–H and O–H groups in total. The van der Waals surface area contributed by atoms with E-state index < -0.39 is 0 Å². The molecule has 0 aliphatic carbocycles. The van der Waals surface area contributed by atoms with Gasteiger partial charge in [0.15, 0.2) is 6.54 Å². The number of thiophene rings is 1. The minimum Gasteiger partial charge on any atom is -0.328 e. The van der Waals surface area contributed by atoms with E-state index in [2.05, 4.69) is 59.3 Å². The average Bonchev–Trinajstić information content (AvgIpc) is 3.17. The molecule has 3 rings (SSSR count). The topological polar surface area (TPSA) is 45.7 Å². The maximum Gasteiger partial charge on any atom is 0.279 e. The Morgan fingerprint density at radius 1 is 1.12 bits per heavy atom. The zero-order valence-electron chi connectivity index (χ0n) is 15.2. The third-order valence-electron chi connectivity index (χ3n) is 4.44. The Bertz CT molecular complexity index is 841. The molecule has 3 aromatic rings. The first-order valence-electron chi connectivity index (χ1n) is 8.98. The van der Waals surface area contributed by atoms with Crippen molar-refractivity contribution in [3.05, 3.63) is 87.6 Å². The fourth-order valence-electron chi connectivity index (χ4n) is 3.01. The third-order valence-corrected chi connectivity index (χ3v) is 5.39. The molecule has 1 atom stereocenters. The number of anilines is 1. The summed E-state index contributed by atoms with van der Waals surface area (Å²) in [6, 6.07) is 20.9. The van der Waals surface area contributed by atoms with Crippen molar-refractivity contribution in [2.45, 2.75) is 26.3 Å². The van der Waals surface area contributed by atoms with Crippen molar-refractivity contribution < 1.29 is 10.1 Å². The van der Waals surface area contributed by atoms with Gasteiger partial charge in [-0.3, -0.25) is 4.79 Å². The third kappa shape index (κ3) is 4.81. The Morgan fingerprint density at radius 2 is 1.92 bits per heavy atom. The van der Waals surface area contributed by atoms with Gasteiger partial charge in [-0.1, -0.05) is 49.4 Å². The quantitative estimate of drug-likeness (QED) is 0.655. The molecular formula is C22H25N2OS+. The molecule has 3 nitrogen and oxygen atoms in total. The largest absolute Gasteiger partial charge is 0.328 e. The molecule has 26 heavy (non-hydrogen) atoms. The lowest BCUT2D eigenvalue weighted by atomic mass is 10.0. The van der Waals surface area contributed by atoms with Crippen LogP contribution in [0.5, 0.6) is 0 Å². The highest BCUT2D eigenvalue weighted by Gasteiger charge is 2.20. The Morgan fingerprint density at radius 3 is 2.58 bits per heavy atom. The summed E-state index contributed by atoms with van der Waals surface area (Å²) in [7, 11) is 0. The summed E-state index contributed by atoms with van der Waals surface area (Å²) in [5.74, 6) is 0.0161. The van der Waals surface area contributed by atoms with Crippen LogP contribution in [0.4, 0.5) is 5.69 Å². The van der Waals surface area contributed by atoms with Gasteiger partial charge in [-0.15, -0.1) is 11.3 Å². The van der Waals surface area contributed by atoms with Crippen LogP contribution in [0.15, 0.2) is 66.0 Å². The van der Waals surface area contributed by atoms with Crippen LogP contribution in [0.3, 0.4) is 0 Å². The van der Waals surface area contributed by atoms with Gasteiger partial charge in [0.1, 0.15) is 6.04 Å². The summed E-state index contributed by atoms with van der Waals surface area (Å²) >= 11 is 1.73. The summed E-state index contributed by atoms with van der Waals surface area (Å²) in [5.41, 5.74) is 4.55. The highest BCUT2D eigenvalue weighted by atomic mass is 32.1. The molecule has 0 aliphatic rings. The number of carbonyl (C=O) groups is 1. The van der Waals surface area contributed by atoms with Gasteiger partial charge >= 0.3 is 0 Å². The van der Waals surface area contributed by atoms with E-state index >= 15 is 0 Å². The average molecular weight is 366 g/mol. The first-order chi connectivity index (χ1) is 12.7. The molecule has 1 aromatic heterocycles. The van der Waals surface area contributed by atoms with E-state index in [-0.39, 0.29) is 11.9 Å². The molecule has 0 unspecified atom stereocenters. The molecule has 0 fully saturated rings. The second-order valence-corrected chi connectivity index (χ2v) is 7.42. The van der Waals surface area contributed by atoms with Crippen LogP contribution in [0.25, 0.3) is 0 Å². The number of carbonyl (C=O) groups excluding carboxylic acids is 1. The van der Waals surface area contributed by atoms with Crippen molar-refractivity contribution in [2.75, 3.05) is 11.9 Å². The summed E-state index contributed by atoms with van der Waals surface area (Å²) in [4.78, 5) is 13.7. The Labute approximate surface area is 159 Å². The van der Waals surface area contributed by atoms with Crippen molar-refractivity contribution in [3.63, 3.8) is 0 Å². The number of quaternary nitrogens is 1. The predicted octanol–water partition coefficient (Wildman–Crippen LogP) is 3.91. The maximum absolute atomic E-state index is 12.4. The molecule has 134 valence electrons. The maximum atomic E-state index is 12.4. The van der Waals surface area contributed by atoms with E-state index in [0.29, 0.717) is 6.54 Å². The monoisotopic (exact) mass is 365 g/mol. The SMILES string of the molecule is CCc1ccc([C@@H]([NH2+]CC(=O)Nc2cccc(C)c2)c2cccs2)cc1. The Kier molecular flexibility index (Phi) is 6.21. The zero-order chi connectivity index (χ0) is 18.4. The predicted molar refractivity (Wildman–Crippen MR) is 109 cm³/mol. The van der Waals surface area contributed by atoms with Gasteiger partial charge in [0, 0.05) is 11.3 Å². The van der Waals surface area contributed by atoms with E-state index in [4.69, 9.17) is 0 Å². The van der Waals surface area contributed by atoms with Crippen LogP contribution in [0.1, 0.15) is 34.5 Å². The fraction of sp³-hybridized carbons (Fsp3) is 0.227. The number of hydrogen-bond acceptors (Lipinski definition) is 2. The summed E-state index contributed by atoms with van der Waals surface area (Å²) in [6.45, 7) is 4.56. The Balaban J connectivity index is 1.69. The van der Waals surface area contributed by atoms with Gasteiger partial charge in [-0.2, -0.15) is 0 Å². The van der Waals surface area contributed by atoms with Gasteiger partial charge in [-0.05, 0) is 48.1 Å². The van der Waals surface area contributed by atoms with Gasteiger partial charge in [-0.25, -0.2) is 0 Å². The van der Waals surface area contributed by atoms with Crippen molar-refractivity contribution in [1.82, 2.24) is 0 Å². The number of benzene rings is 2. The second-order valence-electron chi connectivity index (χ2n) is 6.45. The lowest BCUT2D eigenvalue weighted by Gasteiger charge is -2.15. The molecule has 0 saturated heterocycles. The molecule has 0 aliphatic heterocycles. The zero-order valence-corrected chi connectivity index (χ0v) is 16.1. The van der Waals surface area contributed by atoms with Crippen LogP contribution in [-0.2, 0) is 11.2 Å². The van der Waals surface area contributed by atoms with Crippen LogP contribution in [-0.4, -0.2) is 12.5 Å².